The van der Waals surface area contributed by atoms with Gasteiger partial charge in [-0.3, -0.25) is 14.4 Å². The van der Waals surface area contributed by atoms with E-state index in [4.69, 9.17) is 14.2 Å². The molecule has 0 aromatic rings. The molecule has 2 unspecified atom stereocenters. The molecule has 2 aliphatic heterocycles. The summed E-state index contributed by atoms with van der Waals surface area (Å²) in [6.07, 6.45) is -0.467. The first-order valence-corrected chi connectivity index (χ1v) is 8.46. The lowest BCUT2D eigenvalue weighted by Crippen LogP contribution is -2.70. The first kappa shape index (κ1) is 18.1. The maximum Gasteiger partial charge on any atom is 0.318 e. The fourth-order valence-electron chi connectivity index (χ4n) is 2.57. The van der Waals surface area contributed by atoms with E-state index in [9.17, 15) is 14.4 Å². The van der Waals surface area contributed by atoms with Gasteiger partial charge in [-0.25, -0.2) is 0 Å². The van der Waals surface area contributed by atoms with Crippen LogP contribution in [0.4, 0.5) is 0 Å². The lowest BCUT2D eigenvalue weighted by Gasteiger charge is -2.53. The monoisotopic (exact) mass is 345 g/mol. The molecule has 0 spiro atoms. The van der Waals surface area contributed by atoms with Crippen molar-refractivity contribution in [3.05, 3.63) is 0 Å². The van der Waals surface area contributed by atoms with Gasteiger partial charge in [0, 0.05) is 26.3 Å². The summed E-state index contributed by atoms with van der Waals surface area (Å²) < 4.78 is 15.8. The van der Waals surface area contributed by atoms with E-state index in [1.165, 1.54) is 25.8 Å². The molecule has 0 aliphatic carbocycles. The van der Waals surface area contributed by atoms with Crippen molar-refractivity contribution >= 4 is 29.6 Å². The molecule has 0 N–H and O–H groups in total. The molecule has 0 radical (unpaired) electrons. The molecule has 2 saturated heterocycles. The Morgan fingerprint density at radius 2 is 2.04 bits per heavy atom. The average Bonchev–Trinajstić information content (AvgIpc) is 2.43. The average molecular weight is 345 g/mol. The van der Waals surface area contributed by atoms with Crippen molar-refractivity contribution in [1.82, 2.24) is 4.90 Å². The highest BCUT2D eigenvalue weighted by molar-refractivity contribution is 8.00. The molecule has 0 aromatic carbocycles. The Kier molecular flexibility index (Phi) is 4.96. The minimum absolute atomic E-state index is 0.0969. The van der Waals surface area contributed by atoms with Gasteiger partial charge in [0.2, 0.25) is 0 Å². The third kappa shape index (κ3) is 3.63. The van der Waals surface area contributed by atoms with Crippen molar-refractivity contribution in [3.63, 3.8) is 0 Å². The number of methoxy groups -OCH3 is 1. The van der Waals surface area contributed by atoms with Crippen LogP contribution >= 0.6 is 11.8 Å². The molecule has 0 aromatic heterocycles. The lowest BCUT2D eigenvalue weighted by molar-refractivity contribution is -0.181. The second-order valence-corrected chi connectivity index (χ2v) is 7.99. The Morgan fingerprint density at radius 3 is 2.57 bits per heavy atom. The fourth-order valence-corrected chi connectivity index (χ4v) is 4.11. The molecule has 2 fully saturated rings. The largest absolute Gasteiger partial charge is 0.465 e. The fraction of sp³-hybridized carbons (Fsp3) is 0.800. The molecule has 3 atom stereocenters. The van der Waals surface area contributed by atoms with E-state index < -0.39 is 29.1 Å². The Bertz CT molecular complexity index is 517. The number of carbonyl (C=O) groups is 3. The van der Waals surface area contributed by atoms with Crippen LogP contribution in [0.2, 0.25) is 0 Å². The molecule has 130 valence electrons. The maximum absolute atomic E-state index is 12.7. The van der Waals surface area contributed by atoms with Gasteiger partial charge in [-0.05, 0) is 20.8 Å². The van der Waals surface area contributed by atoms with Crippen molar-refractivity contribution in [2.75, 3.05) is 26.0 Å². The van der Waals surface area contributed by atoms with Gasteiger partial charge in [0.15, 0.2) is 6.10 Å². The molecule has 1 amide bonds. The van der Waals surface area contributed by atoms with Crippen molar-refractivity contribution in [2.24, 2.45) is 5.41 Å². The number of hydrogen-bond acceptors (Lipinski definition) is 7. The van der Waals surface area contributed by atoms with Gasteiger partial charge < -0.3 is 19.1 Å². The van der Waals surface area contributed by atoms with E-state index in [2.05, 4.69) is 0 Å². The van der Waals surface area contributed by atoms with Crippen LogP contribution in [0.15, 0.2) is 0 Å². The van der Waals surface area contributed by atoms with Crippen LogP contribution in [0.1, 0.15) is 27.7 Å². The summed E-state index contributed by atoms with van der Waals surface area (Å²) >= 11 is 1.45. The van der Waals surface area contributed by atoms with Gasteiger partial charge in [-0.2, -0.15) is 0 Å². The second kappa shape index (κ2) is 6.32. The molecule has 23 heavy (non-hydrogen) atoms. The van der Waals surface area contributed by atoms with E-state index in [-0.39, 0.29) is 24.4 Å². The minimum Gasteiger partial charge on any atom is -0.465 e. The molecular formula is C15H23NO6S. The normalized spacial score (nSPS) is 30.3. The topological polar surface area (TPSA) is 82.1 Å². The van der Waals surface area contributed by atoms with E-state index >= 15 is 0 Å². The zero-order valence-corrected chi connectivity index (χ0v) is 14.9. The first-order chi connectivity index (χ1) is 10.6. The first-order valence-electron chi connectivity index (χ1n) is 7.41. The van der Waals surface area contributed by atoms with Gasteiger partial charge >= 0.3 is 11.9 Å². The zero-order chi connectivity index (χ0) is 17.4. The number of hydrogen-bond donors (Lipinski definition) is 0. The van der Waals surface area contributed by atoms with Gasteiger partial charge in [0.05, 0.1) is 0 Å². The molecular weight excluding hydrogens is 322 g/mol. The van der Waals surface area contributed by atoms with Crippen LogP contribution in [0.3, 0.4) is 0 Å². The Balaban J connectivity index is 2.17. The molecule has 2 rings (SSSR count). The smallest absolute Gasteiger partial charge is 0.318 e. The number of fused-ring (bicyclic) bond motifs is 1. The van der Waals surface area contributed by atoms with Gasteiger partial charge in [0.25, 0.3) is 5.91 Å². The van der Waals surface area contributed by atoms with Crippen molar-refractivity contribution < 1.29 is 28.6 Å². The highest BCUT2D eigenvalue weighted by Gasteiger charge is 2.58. The molecule has 0 saturated carbocycles. The third-order valence-electron chi connectivity index (χ3n) is 3.73. The summed E-state index contributed by atoms with van der Waals surface area (Å²) in [5, 5.41) is -0.0969. The van der Waals surface area contributed by atoms with Crippen LogP contribution in [0.25, 0.3) is 0 Å². The standard InChI is InChI=1S/C15H23NO6S/c1-9(17)21-7-15(13(19)22-14(2,3)4)6-16-11(18)10(20-5)12(16)23-8-15/h10,12H,6-8H2,1-5H3/t10?,12-,15?/m1/s1. The van der Waals surface area contributed by atoms with Crippen LogP contribution in [0.5, 0.6) is 0 Å². The number of β-lactam (4-membered cyclic amide) rings is 1. The van der Waals surface area contributed by atoms with Gasteiger partial charge in [0.1, 0.15) is 23.0 Å². The second-order valence-electron chi connectivity index (χ2n) is 6.89. The summed E-state index contributed by atoms with van der Waals surface area (Å²) in [7, 11) is 1.50. The van der Waals surface area contributed by atoms with Crippen LogP contribution < -0.4 is 0 Å². The highest BCUT2D eigenvalue weighted by Crippen LogP contribution is 2.44. The molecule has 7 nitrogen and oxygen atoms in total. The van der Waals surface area contributed by atoms with E-state index in [1.54, 1.807) is 25.7 Å². The number of nitrogens with zero attached hydrogens (tertiary/aromatic N) is 1. The van der Waals surface area contributed by atoms with Crippen molar-refractivity contribution in [3.8, 4) is 0 Å². The predicted octanol–water partition coefficient (Wildman–Crippen LogP) is 0.808. The number of esters is 2. The molecule has 2 heterocycles. The van der Waals surface area contributed by atoms with Crippen molar-refractivity contribution in [2.45, 2.75) is 44.8 Å². The summed E-state index contributed by atoms with van der Waals surface area (Å²) in [5.74, 6) is -0.667. The summed E-state index contributed by atoms with van der Waals surface area (Å²) in [6.45, 7) is 6.69. The van der Waals surface area contributed by atoms with Crippen LogP contribution in [-0.2, 0) is 28.6 Å². The lowest BCUT2D eigenvalue weighted by atomic mass is 9.88. The Labute approximate surface area is 140 Å². The predicted molar refractivity (Wildman–Crippen MR) is 83.7 cm³/mol. The number of ether oxygens (including phenoxy) is 3. The van der Waals surface area contributed by atoms with E-state index in [0.29, 0.717) is 5.75 Å². The minimum atomic E-state index is -1.05. The van der Waals surface area contributed by atoms with Crippen LogP contribution in [0, 0.1) is 5.41 Å². The van der Waals surface area contributed by atoms with Crippen LogP contribution in [-0.4, -0.2) is 65.8 Å². The number of thioether (sulfide) groups is 1. The summed E-state index contributed by atoms with van der Waals surface area (Å²) in [5.41, 5.74) is -1.70. The SMILES string of the molecule is COC1C(=O)N2CC(COC(C)=O)(C(=O)OC(C)(C)C)CS[C@H]12. The van der Waals surface area contributed by atoms with E-state index in [0.717, 1.165) is 0 Å². The molecule has 2 aliphatic rings. The summed E-state index contributed by atoms with van der Waals surface area (Å²) in [4.78, 5) is 37.5. The molecule has 8 heteroatoms. The maximum atomic E-state index is 12.7. The number of carbonyl (C=O) groups excluding carboxylic acids is 3. The quantitative estimate of drug-likeness (QED) is 0.551. The number of amides is 1. The number of rotatable bonds is 4. The third-order valence-corrected chi connectivity index (χ3v) is 5.30. The summed E-state index contributed by atoms with van der Waals surface area (Å²) in [6, 6.07) is 0. The highest BCUT2D eigenvalue weighted by atomic mass is 32.2. The van der Waals surface area contributed by atoms with E-state index in [1.807, 2.05) is 0 Å². The zero-order valence-electron chi connectivity index (χ0n) is 14.1. The molecule has 0 bridgehead atoms. The Hall–Kier alpha value is -1.28. The Morgan fingerprint density at radius 1 is 1.39 bits per heavy atom. The van der Waals surface area contributed by atoms with Gasteiger partial charge in [-0.15, -0.1) is 11.8 Å². The van der Waals surface area contributed by atoms with Crippen molar-refractivity contribution in [1.29, 1.82) is 0 Å². The van der Waals surface area contributed by atoms with Gasteiger partial charge in [-0.1, -0.05) is 0 Å².